The van der Waals surface area contributed by atoms with E-state index in [1.165, 1.54) is 71.7 Å². The molecule has 2 aliphatic heterocycles. The van der Waals surface area contributed by atoms with Crippen molar-refractivity contribution in [2.24, 2.45) is 5.92 Å². The van der Waals surface area contributed by atoms with Crippen LogP contribution in [0.2, 0.25) is 0 Å². The third-order valence-corrected chi connectivity index (χ3v) is 5.47. The molecule has 0 atom stereocenters. The molecule has 0 aromatic carbocycles. The summed E-state index contributed by atoms with van der Waals surface area (Å²) in [4.78, 5) is 7.89. The van der Waals surface area contributed by atoms with Crippen LogP contribution in [-0.4, -0.2) is 99.4 Å². The van der Waals surface area contributed by atoms with Gasteiger partial charge in [-0.25, -0.2) is 0 Å². The van der Waals surface area contributed by atoms with Gasteiger partial charge in [-0.15, -0.1) is 0 Å². The predicted octanol–water partition coefficient (Wildman–Crippen LogP) is 1.35. The van der Waals surface area contributed by atoms with Crippen LogP contribution in [0, 0.1) is 5.92 Å². The van der Waals surface area contributed by atoms with Crippen molar-refractivity contribution >= 4 is 0 Å². The molecule has 0 amide bonds. The molecule has 1 N–H and O–H groups in total. The standard InChI is InChI=1S/C19H40N4O/c1-4-21-12-14-23(15-13-21)17-19-5-9-22(10-6-19)11-7-20-8-16-24-18(2)3/h18-20H,4-17H2,1-3H3. The second-order valence-electron chi connectivity index (χ2n) is 7.69. The van der Waals surface area contributed by atoms with Crippen molar-refractivity contribution in [2.45, 2.75) is 39.7 Å². The third-order valence-electron chi connectivity index (χ3n) is 5.47. The Hall–Kier alpha value is -0.200. The zero-order valence-corrected chi connectivity index (χ0v) is 16.3. The van der Waals surface area contributed by atoms with Gasteiger partial charge in [0.25, 0.3) is 0 Å². The number of hydrogen-bond acceptors (Lipinski definition) is 5. The molecular formula is C19H40N4O. The van der Waals surface area contributed by atoms with E-state index in [4.69, 9.17) is 4.74 Å². The first-order valence-corrected chi connectivity index (χ1v) is 10.2. The summed E-state index contributed by atoms with van der Waals surface area (Å²) in [6, 6.07) is 0. The van der Waals surface area contributed by atoms with Crippen LogP contribution in [0.3, 0.4) is 0 Å². The van der Waals surface area contributed by atoms with Gasteiger partial charge in [0.2, 0.25) is 0 Å². The van der Waals surface area contributed by atoms with Gasteiger partial charge < -0.3 is 24.8 Å². The number of piperidine rings is 1. The number of likely N-dealkylation sites (N-methyl/N-ethyl adjacent to an activating group) is 1. The van der Waals surface area contributed by atoms with E-state index in [1.54, 1.807) is 0 Å². The molecule has 0 saturated carbocycles. The highest BCUT2D eigenvalue weighted by Gasteiger charge is 2.23. The lowest BCUT2D eigenvalue weighted by molar-refractivity contribution is 0.0795. The van der Waals surface area contributed by atoms with E-state index in [9.17, 15) is 0 Å². The summed E-state index contributed by atoms with van der Waals surface area (Å²) in [6.07, 6.45) is 3.10. The molecule has 5 nitrogen and oxygen atoms in total. The lowest BCUT2D eigenvalue weighted by Gasteiger charge is -2.38. The Morgan fingerprint density at radius 1 is 0.917 bits per heavy atom. The van der Waals surface area contributed by atoms with E-state index in [1.807, 2.05) is 0 Å². The summed E-state index contributed by atoms with van der Waals surface area (Å²) >= 11 is 0. The summed E-state index contributed by atoms with van der Waals surface area (Å²) in [6.45, 7) is 20.7. The lowest BCUT2D eigenvalue weighted by atomic mass is 9.96. The molecule has 2 rings (SSSR count). The Morgan fingerprint density at radius 2 is 1.58 bits per heavy atom. The average molecular weight is 341 g/mol. The number of piperazine rings is 1. The normalized spacial score (nSPS) is 22.5. The number of hydrogen-bond donors (Lipinski definition) is 1. The predicted molar refractivity (Wildman–Crippen MR) is 102 cm³/mol. The van der Waals surface area contributed by atoms with E-state index in [0.717, 1.165) is 25.6 Å². The van der Waals surface area contributed by atoms with Crippen LogP contribution >= 0.6 is 0 Å². The highest BCUT2D eigenvalue weighted by molar-refractivity contribution is 4.78. The molecule has 0 bridgehead atoms. The van der Waals surface area contributed by atoms with Crippen molar-refractivity contribution in [3.63, 3.8) is 0 Å². The van der Waals surface area contributed by atoms with Crippen molar-refractivity contribution in [1.29, 1.82) is 0 Å². The number of rotatable bonds is 10. The minimum Gasteiger partial charge on any atom is -0.377 e. The van der Waals surface area contributed by atoms with Crippen molar-refractivity contribution in [3.05, 3.63) is 0 Å². The molecule has 2 heterocycles. The molecular weight excluding hydrogens is 300 g/mol. The van der Waals surface area contributed by atoms with E-state index in [-0.39, 0.29) is 0 Å². The van der Waals surface area contributed by atoms with Gasteiger partial charge in [-0.05, 0) is 52.2 Å². The van der Waals surface area contributed by atoms with Crippen LogP contribution in [0.4, 0.5) is 0 Å². The Morgan fingerprint density at radius 3 is 2.21 bits per heavy atom. The minimum atomic E-state index is 0.343. The second-order valence-corrected chi connectivity index (χ2v) is 7.69. The van der Waals surface area contributed by atoms with Crippen LogP contribution in [0.5, 0.6) is 0 Å². The molecule has 0 aromatic rings. The van der Waals surface area contributed by atoms with Gasteiger partial charge in [0.05, 0.1) is 12.7 Å². The van der Waals surface area contributed by atoms with E-state index >= 15 is 0 Å². The molecule has 0 radical (unpaired) electrons. The Kier molecular flexibility index (Phi) is 9.57. The molecule has 0 spiro atoms. The van der Waals surface area contributed by atoms with Crippen molar-refractivity contribution in [3.8, 4) is 0 Å². The quantitative estimate of drug-likeness (QED) is 0.607. The van der Waals surface area contributed by atoms with Crippen molar-refractivity contribution in [2.75, 3.05) is 78.6 Å². The molecule has 2 aliphatic rings. The molecule has 2 saturated heterocycles. The van der Waals surface area contributed by atoms with Crippen LogP contribution in [0.25, 0.3) is 0 Å². The fourth-order valence-corrected chi connectivity index (χ4v) is 3.77. The monoisotopic (exact) mass is 340 g/mol. The van der Waals surface area contributed by atoms with Gasteiger partial charge in [-0.1, -0.05) is 6.92 Å². The Bertz CT molecular complexity index is 310. The number of likely N-dealkylation sites (tertiary alicyclic amines) is 1. The van der Waals surface area contributed by atoms with Crippen molar-refractivity contribution < 1.29 is 4.74 Å². The van der Waals surface area contributed by atoms with Crippen LogP contribution < -0.4 is 5.32 Å². The van der Waals surface area contributed by atoms with Gasteiger partial charge in [0.1, 0.15) is 0 Å². The summed E-state index contributed by atoms with van der Waals surface area (Å²) in [5.41, 5.74) is 0. The highest BCUT2D eigenvalue weighted by atomic mass is 16.5. The van der Waals surface area contributed by atoms with Crippen LogP contribution in [0.1, 0.15) is 33.6 Å². The molecule has 0 unspecified atom stereocenters. The van der Waals surface area contributed by atoms with E-state index in [0.29, 0.717) is 6.10 Å². The maximum atomic E-state index is 5.55. The van der Waals surface area contributed by atoms with Gasteiger partial charge in [0, 0.05) is 52.4 Å². The van der Waals surface area contributed by atoms with Gasteiger partial charge in [-0.2, -0.15) is 0 Å². The third kappa shape index (κ3) is 7.79. The van der Waals surface area contributed by atoms with Crippen LogP contribution in [-0.2, 0) is 4.74 Å². The first-order valence-electron chi connectivity index (χ1n) is 10.2. The van der Waals surface area contributed by atoms with E-state index < -0.39 is 0 Å². The molecule has 142 valence electrons. The van der Waals surface area contributed by atoms with Crippen LogP contribution in [0.15, 0.2) is 0 Å². The molecule has 5 heteroatoms. The molecule has 0 aliphatic carbocycles. The molecule has 2 fully saturated rings. The number of nitrogens with zero attached hydrogens (tertiary/aromatic N) is 3. The van der Waals surface area contributed by atoms with Gasteiger partial charge in [0.15, 0.2) is 0 Å². The molecule has 0 aromatic heterocycles. The first-order chi connectivity index (χ1) is 11.7. The van der Waals surface area contributed by atoms with E-state index in [2.05, 4.69) is 40.8 Å². The topological polar surface area (TPSA) is 31.0 Å². The zero-order chi connectivity index (χ0) is 17.2. The summed E-state index contributed by atoms with van der Waals surface area (Å²) in [5, 5.41) is 3.50. The zero-order valence-electron chi connectivity index (χ0n) is 16.3. The van der Waals surface area contributed by atoms with Gasteiger partial charge in [-0.3, -0.25) is 0 Å². The maximum absolute atomic E-state index is 5.55. The second kappa shape index (κ2) is 11.4. The summed E-state index contributed by atoms with van der Waals surface area (Å²) in [7, 11) is 0. The van der Waals surface area contributed by atoms with Crippen molar-refractivity contribution in [1.82, 2.24) is 20.0 Å². The first kappa shape index (κ1) is 20.1. The Labute approximate surface area is 149 Å². The number of ether oxygens (including phenoxy) is 1. The maximum Gasteiger partial charge on any atom is 0.0594 e. The SMILES string of the molecule is CCN1CCN(CC2CCN(CCNCCOC(C)C)CC2)CC1. The smallest absolute Gasteiger partial charge is 0.0594 e. The lowest BCUT2D eigenvalue weighted by Crippen LogP contribution is -2.48. The Balaban J connectivity index is 1.48. The molecule has 24 heavy (non-hydrogen) atoms. The summed E-state index contributed by atoms with van der Waals surface area (Å²) in [5.74, 6) is 0.918. The highest BCUT2D eigenvalue weighted by Crippen LogP contribution is 2.18. The largest absolute Gasteiger partial charge is 0.377 e. The fraction of sp³-hybridized carbons (Fsp3) is 1.00. The van der Waals surface area contributed by atoms with Gasteiger partial charge >= 0.3 is 0 Å². The fourth-order valence-electron chi connectivity index (χ4n) is 3.77. The minimum absolute atomic E-state index is 0.343. The number of nitrogens with one attached hydrogen (secondary N) is 1. The summed E-state index contributed by atoms with van der Waals surface area (Å²) < 4.78 is 5.55. The average Bonchev–Trinajstić information content (AvgIpc) is 2.60.